The fourth-order valence-corrected chi connectivity index (χ4v) is 0.644. The predicted molar refractivity (Wildman–Crippen MR) is 37.7 cm³/mol. The van der Waals surface area contributed by atoms with Gasteiger partial charge in [0, 0.05) is 0 Å². The van der Waals surface area contributed by atoms with Crippen molar-refractivity contribution in [1.29, 1.82) is 0 Å². The first-order valence-corrected chi connectivity index (χ1v) is 3.03. The summed E-state index contributed by atoms with van der Waals surface area (Å²) < 4.78 is 4.27. The first-order valence-electron chi connectivity index (χ1n) is 2.72. The van der Waals surface area contributed by atoms with E-state index in [1.54, 1.807) is 0 Å². The molecule has 0 unspecified atom stereocenters. The molecule has 0 bridgehead atoms. The summed E-state index contributed by atoms with van der Waals surface area (Å²) in [6.07, 6.45) is 1.23. The van der Waals surface area contributed by atoms with Crippen molar-refractivity contribution in [2.45, 2.75) is 0 Å². The molecule has 1 aromatic rings. The summed E-state index contributed by atoms with van der Waals surface area (Å²) in [5.74, 6) is -0.761. The second-order valence-corrected chi connectivity index (χ2v) is 1.92. The van der Waals surface area contributed by atoms with Crippen molar-refractivity contribution in [3.63, 3.8) is 0 Å². The number of nitrogens with zero attached hydrogens (tertiary/aromatic N) is 1. The molecule has 0 saturated heterocycles. The molecule has 0 aromatic carbocycles. The molecule has 0 fully saturated rings. The topological polar surface area (TPSA) is 59.4 Å². The molecule has 5 heteroatoms. The Hall–Kier alpha value is -1.29. The van der Waals surface area contributed by atoms with Gasteiger partial charge in [0.05, 0.1) is 6.20 Å². The predicted octanol–water partition coefficient (Wildman–Crippen LogP) is 1.31. The molecule has 0 atom stereocenters. The highest BCUT2D eigenvalue weighted by atomic mass is 35.5. The van der Waals surface area contributed by atoms with Crippen molar-refractivity contribution in [2.75, 3.05) is 0 Å². The van der Waals surface area contributed by atoms with Crippen LogP contribution in [0.15, 0.2) is 18.3 Å². The van der Waals surface area contributed by atoms with Crippen LogP contribution in [0.2, 0.25) is 0 Å². The summed E-state index contributed by atoms with van der Waals surface area (Å²) in [5.41, 5.74) is -0.0394. The molecule has 0 aliphatic carbocycles. The van der Waals surface area contributed by atoms with Gasteiger partial charge in [-0.15, -0.1) is 0 Å². The number of halogens is 1. The Morgan fingerprint density at radius 3 is 2.73 bits per heavy atom. The van der Waals surface area contributed by atoms with Gasteiger partial charge in [-0.05, 0) is 12.1 Å². The molecule has 4 nitrogen and oxygen atoms in total. The van der Waals surface area contributed by atoms with Crippen LogP contribution < -0.4 is 4.29 Å². The number of pyridine rings is 1. The molecule has 0 saturated carbocycles. The fourth-order valence-electron chi connectivity index (χ4n) is 0.552. The molecule has 0 radical (unpaired) electrons. The van der Waals surface area contributed by atoms with Gasteiger partial charge in [-0.1, -0.05) is 0 Å². The van der Waals surface area contributed by atoms with E-state index in [9.17, 15) is 4.79 Å². The van der Waals surface area contributed by atoms with E-state index in [1.165, 1.54) is 18.3 Å². The molecule has 0 aliphatic rings. The lowest BCUT2D eigenvalue weighted by Crippen LogP contribution is -1.98. The third-order valence-electron chi connectivity index (χ3n) is 1.04. The van der Waals surface area contributed by atoms with E-state index in [4.69, 9.17) is 17.0 Å². The quantitative estimate of drug-likeness (QED) is 0.733. The standard InChI is InChI=1S/C6H4ClNO3/c7-11-4-1-2-5(6(9)10)8-3-4/h1-3H,(H,9,10). The van der Waals surface area contributed by atoms with E-state index >= 15 is 0 Å². The van der Waals surface area contributed by atoms with Crippen LogP contribution in [-0.4, -0.2) is 16.1 Å². The monoisotopic (exact) mass is 173 g/mol. The van der Waals surface area contributed by atoms with Gasteiger partial charge in [0.25, 0.3) is 0 Å². The molecule has 0 amide bonds. The van der Waals surface area contributed by atoms with Gasteiger partial charge in [-0.2, -0.15) is 0 Å². The van der Waals surface area contributed by atoms with Gasteiger partial charge in [-0.3, -0.25) is 0 Å². The van der Waals surface area contributed by atoms with Crippen LogP contribution in [0.5, 0.6) is 5.75 Å². The zero-order valence-electron chi connectivity index (χ0n) is 5.32. The second kappa shape index (κ2) is 3.21. The van der Waals surface area contributed by atoms with E-state index in [2.05, 4.69) is 9.27 Å². The van der Waals surface area contributed by atoms with Gasteiger partial charge in [-0.25, -0.2) is 9.78 Å². The van der Waals surface area contributed by atoms with Crippen LogP contribution in [0.25, 0.3) is 0 Å². The number of carbonyl (C=O) groups is 1. The Kier molecular flexibility index (Phi) is 2.28. The second-order valence-electron chi connectivity index (χ2n) is 1.76. The molecule has 0 spiro atoms. The van der Waals surface area contributed by atoms with Crippen LogP contribution in [0.1, 0.15) is 10.5 Å². The summed E-state index contributed by atoms with van der Waals surface area (Å²) in [7, 11) is 0. The van der Waals surface area contributed by atoms with Gasteiger partial charge < -0.3 is 9.40 Å². The van der Waals surface area contributed by atoms with Gasteiger partial charge in [0.15, 0.2) is 5.75 Å². The first kappa shape index (κ1) is 7.81. The van der Waals surface area contributed by atoms with E-state index in [0.29, 0.717) is 5.75 Å². The average molecular weight is 174 g/mol. The Labute approximate surface area is 67.6 Å². The SMILES string of the molecule is O=C(O)c1ccc(OCl)cn1. The number of hydrogen-bond acceptors (Lipinski definition) is 3. The number of hydrogen-bond donors (Lipinski definition) is 1. The lowest BCUT2D eigenvalue weighted by molar-refractivity contribution is 0.0690. The van der Waals surface area contributed by atoms with Crippen molar-refractivity contribution >= 4 is 17.8 Å². The van der Waals surface area contributed by atoms with Gasteiger partial charge in [0.2, 0.25) is 0 Å². The Bertz CT molecular complexity index is 259. The van der Waals surface area contributed by atoms with Crippen LogP contribution in [0.4, 0.5) is 0 Å². The van der Waals surface area contributed by atoms with Crippen molar-refractivity contribution in [2.24, 2.45) is 0 Å². The molecule has 1 N–H and O–H groups in total. The molecule has 58 valence electrons. The maximum absolute atomic E-state index is 10.3. The molecule has 11 heavy (non-hydrogen) atoms. The first-order chi connectivity index (χ1) is 5.24. The maximum Gasteiger partial charge on any atom is 0.354 e. The summed E-state index contributed by atoms with van der Waals surface area (Å²) >= 11 is 4.97. The minimum atomic E-state index is -1.08. The van der Waals surface area contributed by atoms with E-state index in [1.807, 2.05) is 0 Å². The van der Waals surface area contributed by atoms with E-state index in [0.717, 1.165) is 0 Å². The number of aromatic carboxylic acids is 1. The molecular formula is C6H4ClNO3. The third kappa shape index (κ3) is 1.81. The molecule has 1 aromatic heterocycles. The summed E-state index contributed by atoms with van der Waals surface area (Å²) in [6, 6.07) is 2.73. The number of carboxylic acid groups (broad SMARTS) is 1. The largest absolute Gasteiger partial charge is 0.477 e. The van der Waals surface area contributed by atoms with Crippen LogP contribution in [-0.2, 0) is 0 Å². The highest BCUT2D eigenvalue weighted by Crippen LogP contribution is 2.09. The third-order valence-corrected chi connectivity index (χ3v) is 1.22. The van der Waals surface area contributed by atoms with Crippen molar-refractivity contribution in [1.82, 2.24) is 4.98 Å². The molecule has 0 aliphatic heterocycles. The van der Waals surface area contributed by atoms with Gasteiger partial charge >= 0.3 is 5.97 Å². The average Bonchev–Trinajstić information content (AvgIpc) is 2.05. The summed E-state index contributed by atoms with van der Waals surface area (Å²) in [5, 5.41) is 8.41. The highest BCUT2D eigenvalue weighted by molar-refractivity contribution is 6.09. The maximum atomic E-state index is 10.3. The van der Waals surface area contributed by atoms with Crippen molar-refractivity contribution in [3.05, 3.63) is 24.0 Å². The Balaban J connectivity index is 2.91. The molecule has 1 heterocycles. The van der Waals surface area contributed by atoms with Gasteiger partial charge in [0.1, 0.15) is 17.6 Å². The summed E-state index contributed by atoms with van der Waals surface area (Å²) in [6.45, 7) is 0. The number of aromatic nitrogens is 1. The lowest BCUT2D eigenvalue weighted by Gasteiger charge is -1.94. The Morgan fingerprint density at radius 2 is 2.36 bits per heavy atom. The fraction of sp³-hybridized carbons (Fsp3) is 0. The highest BCUT2D eigenvalue weighted by Gasteiger charge is 2.02. The van der Waals surface area contributed by atoms with Crippen molar-refractivity contribution in [3.8, 4) is 5.75 Å². The minimum Gasteiger partial charge on any atom is -0.477 e. The molecular weight excluding hydrogens is 170 g/mol. The van der Waals surface area contributed by atoms with Crippen LogP contribution in [0, 0.1) is 0 Å². The zero-order chi connectivity index (χ0) is 8.27. The zero-order valence-corrected chi connectivity index (χ0v) is 6.08. The smallest absolute Gasteiger partial charge is 0.354 e. The number of carboxylic acids is 1. The van der Waals surface area contributed by atoms with Crippen LogP contribution >= 0.6 is 11.9 Å². The normalized spacial score (nSPS) is 9.18. The summed E-state index contributed by atoms with van der Waals surface area (Å²) in [4.78, 5) is 13.8. The lowest BCUT2D eigenvalue weighted by atomic mass is 10.3. The molecule has 1 rings (SSSR count). The van der Waals surface area contributed by atoms with Crippen LogP contribution in [0.3, 0.4) is 0 Å². The Morgan fingerprint density at radius 1 is 1.64 bits per heavy atom. The van der Waals surface area contributed by atoms with E-state index < -0.39 is 5.97 Å². The number of rotatable bonds is 2. The minimum absolute atomic E-state index is 0.0394. The van der Waals surface area contributed by atoms with Crippen molar-refractivity contribution < 1.29 is 14.2 Å². The van der Waals surface area contributed by atoms with E-state index in [-0.39, 0.29) is 5.69 Å².